The number of hydrogen-bond acceptors (Lipinski definition) is 5. The first-order valence-electron chi connectivity index (χ1n) is 7.24. The lowest BCUT2D eigenvalue weighted by atomic mass is 10.2. The molecule has 0 amide bonds. The van der Waals surface area contributed by atoms with E-state index in [1.807, 2.05) is 0 Å². The molecule has 0 fully saturated rings. The second-order valence-corrected chi connectivity index (χ2v) is 5.49. The third-order valence-corrected chi connectivity index (χ3v) is 3.81. The molecule has 2 aromatic heterocycles. The number of ether oxygens (including phenoxy) is 1. The average Bonchev–Trinajstić information content (AvgIpc) is 2.89. The normalized spacial score (nSPS) is 10.4. The Hall–Kier alpha value is -2.38. The van der Waals surface area contributed by atoms with Gasteiger partial charge in [0.2, 0.25) is 0 Å². The zero-order chi connectivity index (χ0) is 17.3. The molecule has 0 unspecified atom stereocenters. The minimum atomic E-state index is -0.506. The minimum absolute atomic E-state index is 0. The van der Waals surface area contributed by atoms with Gasteiger partial charge in [-0.1, -0.05) is 11.6 Å². The van der Waals surface area contributed by atoms with Crippen LogP contribution in [0.2, 0.25) is 5.02 Å². The molecule has 6 nitrogen and oxygen atoms in total. The lowest BCUT2D eigenvalue weighted by Gasteiger charge is -2.07. The molecule has 0 aliphatic carbocycles. The minimum Gasteiger partial charge on any atom is -0.461 e. The number of esters is 1. The summed E-state index contributed by atoms with van der Waals surface area (Å²) in [6.07, 6.45) is 1.52. The van der Waals surface area contributed by atoms with Gasteiger partial charge in [0, 0.05) is 11.1 Å². The lowest BCUT2D eigenvalue weighted by Crippen LogP contribution is -2.06. The van der Waals surface area contributed by atoms with E-state index in [1.165, 1.54) is 24.4 Å². The molecule has 0 saturated heterocycles. The first-order valence-corrected chi connectivity index (χ1v) is 7.62. The summed E-state index contributed by atoms with van der Waals surface area (Å²) in [5, 5.41) is 11.7. The fourth-order valence-corrected chi connectivity index (χ4v) is 2.60. The van der Waals surface area contributed by atoms with Gasteiger partial charge in [0.15, 0.2) is 5.82 Å². The van der Waals surface area contributed by atoms with Crippen LogP contribution >= 0.6 is 24.0 Å². The Bertz CT molecular complexity index is 930. The van der Waals surface area contributed by atoms with Gasteiger partial charge in [-0.15, -0.1) is 17.5 Å². The maximum absolute atomic E-state index is 13.3. The van der Waals surface area contributed by atoms with Gasteiger partial charge in [-0.3, -0.25) is 0 Å². The smallest absolute Gasteiger partial charge is 0.355 e. The number of aromatic nitrogens is 3. The van der Waals surface area contributed by atoms with Crippen LogP contribution in [0.15, 0.2) is 24.4 Å². The van der Waals surface area contributed by atoms with Crippen LogP contribution in [0, 0.1) is 12.7 Å². The number of fused-ring (bicyclic) bond motifs is 1. The number of rotatable bonds is 4. The summed E-state index contributed by atoms with van der Waals surface area (Å²) in [6, 6.07) is 4.24. The summed E-state index contributed by atoms with van der Waals surface area (Å²) in [7, 11) is 0. The monoisotopic (exact) mass is 384 g/mol. The molecular weight excluding hydrogens is 370 g/mol. The number of aryl methyl sites for hydroxylation is 1. The Kier molecular flexibility index (Phi) is 5.81. The van der Waals surface area contributed by atoms with Crippen molar-refractivity contribution in [2.75, 3.05) is 11.9 Å². The number of hydrogen-bond donors (Lipinski definition) is 2. The Morgan fingerprint density at radius 1 is 1.44 bits per heavy atom. The van der Waals surface area contributed by atoms with Crippen molar-refractivity contribution in [1.82, 2.24) is 15.2 Å². The fraction of sp³-hybridized carbons (Fsp3) is 0.188. The van der Waals surface area contributed by atoms with E-state index in [9.17, 15) is 9.18 Å². The highest BCUT2D eigenvalue weighted by atomic mass is 35.5. The maximum Gasteiger partial charge on any atom is 0.355 e. The zero-order valence-electron chi connectivity index (χ0n) is 13.4. The zero-order valence-corrected chi connectivity index (χ0v) is 15.0. The lowest BCUT2D eigenvalue weighted by molar-refractivity contribution is 0.0520. The number of aromatic amines is 1. The molecule has 0 saturated carbocycles. The number of benzene rings is 1. The van der Waals surface area contributed by atoms with E-state index in [0.717, 1.165) is 0 Å². The van der Waals surface area contributed by atoms with E-state index < -0.39 is 11.8 Å². The maximum atomic E-state index is 13.3. The Balaban J connectivity index is 0.00000225. The Labute approximate surface area is 154 Å². The number of nitrogens with one attached hydrogen (secondary N) is 2. The van der Waals surface area contributed by atoms with E-state index in [4.69, 9.17) is 16.3 Å². The highest BCUT2D eigenvalue weighted by molar-refractivity contribution is 6.31. The first-order chi connectivity index (χ1) is 11.5. The molecule has 2 heterocycles. The molecule has 0 bridgehead atoms. The predicted octanol–water partition coefficient (Wildman–Crippen LogP) is 4.40. The van der Waals surface area contributed by atoms with Crippen LogP contribution < -0.4 is 5.32 Å². The van der Waals surface area contributed by atoms with E-state index in [-0.39, 0.29) is 24.0 Å². The summed E-state index contributed by atoms with van der Waals surface area (Å²) in [6.45, 7) is 3.81. The molecule has 0 aliphatic heterocycles. The van der Waals surface area contributed by atoms with Crippen molar-refractivity contribution in [2.24, 2.45) is 0 Å². The van der Waals surface area contributed by atoms with Gasteiger partial charge >= 0.3 is 5.97 Å². The molecule has 0 radical (unpaired) electrons. The molecule has 132 valence electrons. The van der Waals surface area contributed by atoms with E-state index in [1.54, 1.807) is 13.8 Å². The summed E-state index contributed by atoms with van der Waals surface area (Å²) in [4.78, 5) is 15.0. The Morgan fingerprint density at radius 3 is 2.88 bits per heavy atom. The van der Waals surface area contributed by atoms with Crippen LogP contribution in [0.1, 0.15) is 23.0 Å². The number of H-pyrrole nitrogens is 1. The number of carbonyl (C=O) groups excluding carboxylic acids is 1. The van der Waals surface area contributed by atoms with Crippen molar-refractivity contribution in [3.8, 4) is 0 Å². The van der Waals surface area contributed by atoms with Gasteiger partial charge in [-0.2, -0.15) is 5.10 Å². The van der Waals surface area contributed by atoms with E-state index in [0.29, 0.717) is 33.7 Å². The van der Waals surface area contributed by atoms with Crippen molar-refractivity contribution >= 4 is 52.4 Å². The SMILES string of the molecule is CCOC(=O)c1[nH]c2cnnc(Nc3ccc(F)c(Cl)c3)c2c1C.Cl. The second-order valence-electron chi connectivity index (χ2n) is 5.08. The molecular formula is C16H15Cl2FN4O2. The highest BCUT2D eigenvalue weighted by Gasteiger charge is 2.19. The molecule has 25 heavy (non-hydrogen) atoms. The second kappa shape index (κ2) is 7.67. The summed E-state index contributed by atoms with van der Waals surface area (Å²) >= 11 is 5.79. The van der Waals surface area contributed by atoms with Crippen molar-refractivity contribution in [1.29, 1.82) is 0 Å². The highest BCUT2D eigenvalue weighted by Crippen LogP contribution is 2.30. The van der Waals surface area contributed by atoms with Gasteiger partial charge in [0.25, 0.3) is 0 Å². The first kappa shape index (κ1) is 19.0. The van der Waals surface area contributed by atoms with Gasteiger partial charge in [-0.25, -0.2) is 9.18 Å². The van der Waals surface area contributed by atoms with Crippen molar-refractivity contribution < 1.29 is 13.9 Å². The van der Waals surface area contributed by atoms with Crippen molar-refractivity contribution in [3.05, 3.63) is 46.5 Å². The average molecular weight is 385 g/mol. The van der Waals surface area contributed by atoms with Gasteiger partial charge < -0.3 is 15.0 Å². The third kappa shape index (κ3) is 3.67. The van der Waals surface area contributed by atoms with Crippen LogP contribution in [-0.2, 0) is 4.74 Å². The molecule has 3 rings (SSSR count). The quantitative estimate of drug-likeness (QED) is 0.651. The largest absolute Gasteiger partial charge is 0.461 e. The molecule has 9 heteroatoms. The number of carbonyl (C=O) groups is 1. The summed E-state index contributed by atoms with van der Waals surface area (Å²) in [5.41, 5.74) is 2.23. The van der Waals surface area contributed by atoms with Crippen LogP contribution in [0.25, 0.3) is 10.9 Å². The van der Waals surface area contributed by atoms with E-state index >= 15 is 0 Å². The standard InChI is InChI=1S/C16H14ClFN4O2.ClH/c1-3-24-16(23)14-8(2)13-12(21-14)7-19-22-15(13)20-9-4-5-11(18)10(17)6-9;/h4-7,21H,3H2,1-2H3,(H,20,22);1H. The Morgan fingerprint density at radius 2 is 2.20 bits per heavy atom. The van der Waals surface area contributed by atoms with Crippen LogP contribution in [0.3, 0.4) is 0 Å². The molecule has 3 aromatic rings. The third-order valence-electron chi connectivity index (χ3n) is 3.52. The molecule has 2 N–H and O–H groups in total. The number of nitrogens with zero attached hydrogens (tertiary/aromatic N) is 2. The summed E-state index contributed by atoms with van der Waals surface area (Å²) < 4.78 is 18.3. The molecule has 0 aliphatic rings. The van der Waals surface area contributed by atoms with Crippen LogP contribution in [-0.4, -0.2) is 27.8 Å². The van der Waals surface area contributed by atoms with Gasteiger partial charge in [0.1, 0.15) is 11.5 Å². The fourth-order valence-electron chi connectivity index (χ4n) is 2.42. The number of anilines is 2. The van der Waals surface area contributed by atoms with Gasteiger partial charge in [0.05, 0.1) is 23.3 Å². The van der Waals surface area contributed by atoms with Crippen LogP contribution in [0.5, 0.6) is 0 Å². The van der Waals surface area contributed by atoms with Crippen molar-refractivity contribution in [2.45, 2.75) is 13.8 Å². The summed E-state index contributed by atoms with van der Waals surface area (Å²) in [5.74, 6) is -0.518. The molecule has 0 atom stereocenters. The van der Waals surface area contributed by atoms with Gasteiger partial charge in [-0.05, 0) is 37.6 Å². The topological polar surface area (TPSA) is 79.9 Å². The van der Waals surface area contributed by atoms with Crippen molar-refractivity contribution in [3.63, 3.8) is 0 Å². The molecule has 0 spiro atoms. The predicted molar refractivity (Wildman–Crippen MR) is 96.5 cm³/mol. The molecule has 1 aromatic carbocycles. The van der Waals surface area contributed by atoms with Crippen LogP contribution in [0.4, 0.5) is 15.9 Å². The number of halogens is 3. The van der Waals surface area contributed by atoms with E-state index in [2.05, 4.69) is 20.5 Å².